The number of benzene rings is 1. The Morgan fingerprint density at radius 3 is 2.78 bits per heavy atom. The third-order valence-electron chi connectivity index (χ3n) is 4.29. The van der Waals surface area contributed by atoms with Crippen molar-refractivity contribution in [1.82, 2.24) is 10.6 Å². The fourth-order valence-electron chi connectivity index (χ4n) is 2.85. The lowest BCUT2D eigenvalue weighted by Crippen LogP contribution is -2.49. The molecule has 0 spiro atoms. The van der Waals surface area contributed by atoms with Crippen molar-refractivity contribution in [2.75, 3.05) is 13.2 Å². The van der Waals surface area contributed by atoms with Crippen molar-refractivity contribution in [3.05, 3.63) is 35.9 Å². The normalized spacial score (nSPS) is 22.3. The summed E-state index contributed by atoms with van der Waals surface area (Å²) in [6.07, 6.45) is 4.14. The first-order valence-electron chi connectivity index (χ1n) is 8.56. The van der Waals surface area contributed by atoms with Crippen LogP contribution in [0.1, 0.15) is 50.7 Å². The molecule has 1 fully saturated rings. The Balaban J connectivity index is 1.55. The number of hydrogen-bond acceptors (Lipinski definition) is 3. The van der Waals surface area contributed by atoms with Crippen LogP contribution in [0.5, 0.6) is 0 Å². The molecule has 1 aliphatic carbocycles. The van der Waals surface area contributed by atoms with Crippen LogP contribution < -0.4 is 10.6 Å². The monoisotopic (exact) mass is 320 g/mol. The number of urea groups is 1. The number of ether oxygens (including phenoxy) is 1. The van der Waals surface area contributed by atoms with E-state index in [4.69, 9.17) is 4.74 Å². The molecule has 0 radical (unpaired) electrons. The van der Waals surface area contributed by atoms with Crippen LogP contribution in [0.4, 0.5) is 4.79 Å². The molecule has 5 nitrogen and oxygen atoms in total. The Kier molecular flexibility index (Phi) is 7.36. The summed E-state index contributed by atoms with van der Waals surface area (Å²) in [5.41, 5.74) is 1.16. The fourth-order valence-corrected chi connectivity index (χ4v) is 2.85. The first-order valence-corrected chi connectivity index (χ1v) is 8.56. The highest BCUT2D eigenvalue weighted by molar-refractivity contribution is 5.74. The Morgan fingerprint density at radius 2 is 2.04 bits per heavy atom. The summed E-state index contributed by atoms with van der Waals surface area (Å²) in [6.45, 7) is 3.19. The molecular formula is C18H28N2O3. The van der Waals surface area contributed by atoms with E-state index < -0.39 is 6.10 Å². The SMILES string of the molecule is CC(OCCCNC(=O)NC1CCCCC1O)c1ccccc1. The number of hydrogen-bond donors (Lipinski definition) is 3. The number of carbonyl (C=O) groups excluding carboxylic acids is 1. The van der Waals surface area contributed by atoms with E-state index in [1.807, 2.05) is 37.3 Å². The molecule has 0 aliphatic heterocycles. The summed E-state index contributed by atoms with van der Waals surface area (Å²) in [6, 6.07) is 9.77. The van der Waals surface area contributed by atoms with E-state index >= 15 is 0 Å². The maximum absolute atomic E-state index is 11.8. The van der Waals surface area contributed by atoms with Crippen LogP contribution in [0.15, 0.2) is 30.3 Å². The molecule has 5 heteroatoms. The van der Waals surface area contributed by atoms with Crippen molar-refractivity contribution in [1.29, 1.82) is 0 Å². The van der Waals surface area contributed by atoms with Crippen molar-refractivity contribution < 1.29 is 14.6 Å². The molecule has 1 aliphatic rings. The second-order valence-corrected chi connectivity index (χ2v) is 6.14. The average Bonchev–Trinajstić information content (AvgIpc) is 2.57. The van der Waals surface area contributed by atoms with Gasteiger partial charge in [-0.3, -0.25) is 0 Å². The van der Waals surface area contributed by atoms with Crippen molar-refractivity contribution >= 4 is 6.03 Å². The summed E-state index contributed by atoms with van der Waals surface area (Å²) in [5, 5.41) is 15.5. The zero-order valence-electron chi connectivity index (χ0n) is 13.8. The van der Waals surface area contributed by atoms with Crippen LogP contribution >= 0.6 is 0 Å². The molecule has 0 saturated heterocycles. The van der Waals surface area contributed by atoms with Gasteiger partial charge in [-0.05, 0) is 31.7 Å². The van der Waals surface area contributed by atoms with Gasteiger partial charge in [0.15, 0.2) is 0 Å². The number of carbonyl (C=O) groups is 1. The van der Waals surface area contributed by atoms with Crippen molar-refractivity contribution in [2.24, 2.45) is 0 Å². The topological polar surface area (TPSA) is 70.6 Å². The second-order valence-electron chi connectivity index (χ2n) is 6.14. The predicted octanol–water partition coefficient (Wildman–Crippen LogP) is 2.76. The van der Waals surface area contributed by atoms with Gasteiger partial charge in [-0.15, -0.1) is 0 Å². The number of rotatable bonds is 7. The number of nitrogens with one attached hydrogen (secondary N) is 2. The van der Waals surface area contributed by atoms with Gasteiger partial charge in [0, 0.05) is 13.2 Å². The highest BCUT2D eigenvalue weighted by Gasteiger charge is 2.24. The maximum Gasteiger partial charge on any atom is 0.315 e. The standard InChI is InChI=1S/C18H28N2O3/c1-14(15-8-3-2-4-9-15)23-13-7-12-19-18(22)20-16-10-5-6-11-17(16)21/h2-4,8-9,14,16-17,21H,5-7,10-13H2,1H3,(H2,19,20,22). The van der Waals surface area contributed by atoms with Crippen LogP contribution in [0.2, 0.25) is 0 Å². The molecule has 0 heterocycles. The van der Waals surface area contributed by atoms with E-state index in [-0.39, 0.29) is 18.2 Å². The molecule has 3 unspecified atom stereocenters. The average molecular weight is 320 g/mol. The third kappa shape index (κ3) is 6.20. The maximum atomic E-state index is 11.8. The molecule has 0 aromatic heterocycles. The van der Waals surface area contributed by atoms with E-state index in [0.29, 0.717) is 13.2 Å². The molecule has 1 aromatic rings. The molecule has 1 saturated carbocycles. The highest BCUT2D eigenvalue weighted by Crippen LogP contribution is 2.18. The van der Waals surface area contributed by atoms with E-state index in [2.05, 4.69) is 10.6 Å². The molecular weight excluding hydrogens is 292 g/mol. The largest absolute Gasteiger partial charge is 0.391 e. The minimum Gasteiger partial charge on any atom is -0.391 e. The summed E-state index contributed by atoms with van der Waals surface area (Å²) in [5.74, 6) is 0. The van der Waals surface area contributed by atoms with Gasteiger partial charge in [-0.25, -0.2) is 4.79 Å². The minimum absolute atomic E-state index is 0.0578. The van der Waals surface area contributed by atoms with Gasteiger partial charge < -0.3 is 20.5 Å². The molecule has 23 heavy (non-hydrogen) atoms. The Morgan fingerprint density at radius 1 is 1.30 bits per heavy atom. The van der Waals surface area contributed by atoms with Gasteiger partial charge in [0.05, 0.1) is 18.2 Å². The van der Waals surface area contributed by atoms with Gasteiger partial charge >= 0.3 is 6.03 Å². The number of aliphatic hydroxyl groups excluding tert-OH is 1. The quantitative estimate of drug-likeness (QED) is 0.677. The molecule has 3 atom stereocenters. The summed E-state index contributed by atoms with van der Waals surface area (Å²) >= 11 is 0. The smallest absolute Gasteiger partial charge is 0.315 e. The Bertz CT molecular complexity index is 467. The van der Waals surface area contributed by atoms with Crippen LogP contribution in [-0.2, 0) is 4.74 Å². The lowest BCUT2D eigenvalue weighted by Gasteiger charge is -2.28. The van der Waals surface area contributed by atoms with Crippen molar-refractivity contribution in [3.63, 3.8) is 0 Å². The van der Waals surface area contributed by atoms with Gasteiger partial charge in [-0.2, -0.15) is 0 Å². The third-order valence-corrected chi connectivity index (χ3v) is 4.29. The molecule has 1 aromatic carbocycles. The van der Waals surface area contributed by atoms with Gasteiger partial charge in [0.2, 0.25) is 0 Å². The van der Waals surface area contributed by atoms with Gasteiger partial charge in [0.1, 0.15) is 0 Å². The number of aliphatic hydroxyl groups is 1. The predicted molar refractivity (Wildman–Crippen MR) is 90.2 cm³/mol. The van der Waals surface area contributed by atoms with Gasteiger partial charge in [0.25, 0.3) is 0 Å². The summed E-state index contributed by atoms with van der Waals surface area (Å²) in [4.78, 5) is 11.8. The van der Waals surface area contributed by atoms with E-state index in [9.17, 15) is 9.90 Å². The van der Waals surface area contributed by atoms with Crippen LogP contribution in [0, 0.1) is 0 Å². The first kappa shape index (κ1) is 17.8. The first-order chi connectivity index (χ1) is 11.2. The molecule has 0 bridgehead atoms. The molecule has 3 N–H and O–H groups in total. The number of amides is 2. The van der Waals surface area contributed by atoms with Crippen LogP contribution in [-0.4, -0.2) is 36.4 Å². The highest BCUT2D eigenvalue weighted by atomic mass is 16.5. The van der Waals surface area contributed by atoms with E-state index in [0.717, 1.165) is 37.7 Å². The molecule has 2 amide bonds. The van der Waals surface area contributed by atoms with E-state index in [1.165, 1.54) is 0 Å². The van der Waals surface area contributed by atoms with Gasteiger partial charge in [-0.1, -0.05) is 43.2 Å². The van der Waals surface area contributed by atoms with Crippen LogP contribution in [0.3, 0.4) is 0 Å². The van der Waals surface area contributed by atoms with E-state index in [1.54, 1.807) is 0 Å². The van der Waals surface area contributed by atoms with Crippen LogP contribution in [0.25, 0.3) is 0 Å². The summed E-state index contributed by atoms with van der Waals surface area (Å²) in [7, 11) is 0. The van der Waals surface area contributed by atoms with Crippen molar-refractivity contribution in [2.45, 2.75) is 57.3 Å². The Labute approximate surface area is 138 Å². The lowest BCUT2D eigenvalue weighted by atomic mass is 9.93. The van der Waals surface area contributed by atoms with Crippen molar-refractivity contribution in [3.8, 4) is 0 Å². The molecule has 2 rings (SSSR count). The minimum atomic E-state index is -0.412. The lowest BCUT2D eigenvalue weighted by molar-refractivity contribution is 0.0642. The second kappa shape index (κ2) is 9.53. The zero-order valence-corrected chi connectivity index (χ0v) is 13.8. The Hall–Kier alpha value is -1.59. The zero-order chi connectivity index (χ0) is 16.5. The molecule has 128 valence electrons. The fraction of sp³-hybridized carbons (Fsp3) is 0.611. The summed E-state index contributed by atoms with van der Waals surface area (Å²) < 4.78 is 5.77.